The fourth-order valence-electron chi connectivity index (χ4n) is 5.73. The molecule has 38 heavy (non-hydrogen) atoms. The molecule has 2 aromatic rings. The van der Waals surface area contributed by atoms with Gasteiger partial charge in [0.2, 0.25) is 5.91 Å². The van der Waals surface area contributed by atoms with Crippen LogP contribution in [0.4, 0.5) is 4.39 Å². The largest absolute Gasteiger partial charge is 0.492 e. The van der Waals surface area contributed by atoms with Gasteiger partial charge in [0, 0.05) is 64.0 Å². The molecule has 0 radical (unpaired) electrons. The summed E-state index contributed by atoms with van der Waals surface area (Å²) in [5, 5.41) is 0. The molecule has 2 atom stereocenters. The summed E-state index contributed by atoms with van der Waals surface area (Å²) in [6.45, 7) is 9.16. The van der Waals surface area contributed by atoms with Crippen LogP contribution in [0, 0.1) is 11.8 Å². The molecule has 3 heterocycles. The Bertz CT molecular complexity index is 1220. The van der Waals surface area contributed by atoms with Crippen molar-refractivity contribution in [3.63, 3.8) is 0 Å². The summed E-state index contributed by atoms with van der Waals surface area (Å²) in [4.78, 5) is 27.7. The first-order valence-corrected chi connectivity index (χ1v) is 13.3. The summed E-state index contributed by atoms with van der Waals surface area (Å²) >= 11 is 0. The minimum absolute atomic E-state index is 0.0801. The number of halogens is 1. The van der Waals surface area contributed by atoms with Crippen molar-refractivity contribution in [1.29, 1.82) is 0 Å². The molecule has 3 aliphatic rings. The van der Waals surface area contributed by atoms with Gasteiger partial charge in [-0.25, -0.2) is 0 Å². The van der Waals surface area contributed by atoms with Gasteiger partial charge in [-0.2, -0.15) is 0 Å². The second-order valence-electron chi connectivity index (χ2n) is 10.5. The smallest absolute Gasteiger partial charge is 0.308 e. The number of likely N-dealkylation sites (tertiary alicyclic amines) is 2. The molecule has 2 unspecified atom stereocenters. The lowest BCUT2D eigenvalue weighted by Crippen LogP contribution is -2.49. The van der Waals surface area contributed by atoms with Crippen LogP contribution in [0.2, 0.25) is 0 Å². The maximum atomic E-state index is 12.6. The van der Waals surface area contributed by atoms with E-state index in [0.29, 0.717) is 18.9 Å². The molecule has 0 N–H and O–H groups in total. The fraction of sp³-hybridized carbons (Fsp3) is 0.467. The lowest BCUT2D eigenvalue weighted by molar-refractivity contribution is -0.132. The molecule has 7 nitrogen and oxygen atoms in total. The summed E-state index contributed by atoms with van der Waals surface area (Å²) in [5.74, 6) is 2.04. The molecule has 1 amide bonds. The van der Waals surface area contributed by atoms with Gasteiger partial charge >= 0.3 is 5.97 Å². The van der Waals surface area contributed by atoms with E-state index in [9.17, 15) is 14.0 Å². The highest BCUT2D eigenvalue weighted by atomic mass is 19.1. The Labute approximate surface area is 223 Å². The molecule has 0 bridgehead atoms. The van der Waals surface area contributed by atoms with Gasteiger partial charge in [-0.1, -0.05) is 12.1 Å². The van der Waals surface area contributed by atoms with E-state index in [4.69, 9.17) is 14.2 Å². The first-order chi connectivity index (χ1) is 18.3. The zero-order chi connectivity index (χ0) is 26.8. The molecule has 202 valence electrons. The molecule has 5 rings (SSSR count). The summed E-state index contributed by atoms with van der Waals surface area (Å²) in [7, 11) is 0. The lowest BCUT2D eigenvalue weighted by atomic mass is 9.82. The fourth-order valence-corrected chi connectivity index (χ4v) is 5.73. The highest BCUT2D eigenvalue weighted by molar-refractivity contribution is 5.78. The molecule has 2 saturated heterocycles. The number of benzene rings is 2. The molecule has 0 spiro atoms. The van der Waals surface area contributed by atoms with Gasteiger partial charge in [-0.3, -0.25) is 18.9 Å². The van der Waals surface area contributed by atoms with Gasteiger partial charge in [0.1, 0.15) is 30.0 Å². The topological polar surface area (TPSA) is 68.3 Å². The highest BCUT2D eigenvalue weighted by Crippen LogP contribution is 2.47. The Balaban J connectivity index is 1.36. The third-order valence-corrected chi connectivity index (χ3v) is 7.76. The standard InChI is InChI=1S/C30H35FN2O5/c1-19-27-14-26(37-21(3)35)8-9-28(27)38-30(29(19)24-10-11-33(18-24)20(2)34)23-4-6-25(7-5-23)36-13-12-32-16-22(15-31)17-32/h4-9,14,22,24,30H,10-13,15-18H2,1-3H3. The number of esters is 1. The van der Waals surface area contributed by atoms with Crippen molar-refractivity contribution < 1.29 is 28.2 Å². The van der Waals surface area contributed by atoms with Crippen molar-refractivity contribution in [2.45, 2.75) is 33.3 Å². The molecule has 3 aliphatic heterocycles. The van der Waals surface area contributed by atoms with Crippen LogP contribution in [0.3, 0.4) is 0 Å². The van der Waals surface area contributed by atoms with Gasteiger partial charge in [-0.05, 0) is 60.4 Å². The Kier molecular flexibility index (Phi) is 7.70. The van der Waals surface area contributed by atoms with Crippen LogP contribution in [0.25, 0.3) is 5.57 Å². The SMILES string of the molecule is CC(=O)Oc1ccc2c(c1)C(C)=C(C1CCN(C(C)=O)C1)C(c1ccc(OCCN3CC(CF)C3)cc1)O2. The monoisotopic (exact) mass is 522 g/mol. The zero-order valence-electron chi connectivity index (χ0n) is 22.2. The van der Waals surface area contributed by atoms with Crippen molar-refractivity contribution in [2.24, 2.45) is 11.8 Å². The van der Waals surface area contributed by atoms with Crippen LogP contribution >= 0.6 is 0 Å². The first kappa shape index (κ1) is 26.2. The maximum absolute atomic E-state index is 12.6. The Morgan fingerprint density at radius 2 is 1.79 bits per heavy atom. The average Bonchev–Trinajstić information content (AvgIpc) is 3.36. The maximum Gasteiger partial charge on any atom is 0.308 e. The number of ether oxygens (including phenoxy) is 3. The summed E-state index contributed by atoms with van der Waals surface area (Å²) in [6.07, 6.45) is 0.568. The van der Waals surface area contributed by atoms with Crippen LogP contribution in [-0.2, 0) is 9.59 Å². The Morgan fingerprint density at radius 1 is 1.05 bits per heavy atom. The molecular weight excluding hydrogens is 487 g/mol. The zero-order valence-corrected chi connectivity index (χ0v) is 22.2. The number of allylic oxidation sites excluding steroid dienone is 1. The van der Waals surface area contributed by atoms with Crippen LogP contribution in [-0.4, -0.2) is 67.7 Å². The minimum Gasteiger partial charge on any atom is -0.492 e. The first-order valence-electron chi connectivity index (χ1n) is 13.3. The van der Waals surface area contributed by atoms with Gasteiger partial charge in [-0.15, -0.1) is 0 Å². The predicted octanol–water partition coefficient (Wildman–Crippen LogP) is 4.67. The average molecular weight is 523 g/mol. The van der Waals surface area contributed by atoms with Crippen molar-refractivity contribution in [3.8, 4) is 17.2 Å². The third kappa shape index (κ3) is 5.55. The van der Waals surface area contributed by atoms with E-state index in [-0.39, 0.29) is 36.5 Å². The van der Waals surface area contributed by atoms with Crippen LogP contribution in [0.5, 0.6) is 17.2 Å². The number of carbonyl (C=O) groups is 2. The molecule has 2 aromatic carbocycles. The van der Waals surface area contributed by atoms with E-state index >= 15 is 0 Å². The highest BCUT2D eigenvalue weighted by Gasteiger charge is 2.37. The molecule has 0 aliphatic carbocycles. The third-order valence-electron chi connectivity index (χ3n) is 7.76. The number of rotatable bonds is 8. The Hall–Kier alpha value is -3.39. The van der Waals surface area contributed by atoms with E-state index < -0.39 is 0 Å². The quantitative estimate of drug-likeness (QED) is 0.371. The van der Waals surface area contributed by atoms with Gasteiger partial charge in [0.05, 0.1) is 6.67 Å². The van der Waals surface area contributed by atoms with Crippen LogP contribution < -0.4 is 14.2 Å². The predicted molar refractivity (Wildman–Crippen MR) is 142 cm³/mol. The summed E-state index contributed by atoms with van der Waals surface area (Å²) in [5.41, 5.74) is 4.14. The normalized spacial score (nSPS) is 21.5. The number of alkyl halides is 1. The molecule has 0 saturated carbocycles. The second-order valence-corrected chi connectivity index (χ2v) is 10.5. The van der Waals surface area contributed by atoms with Crippen molar-refractivity contribution in [1.82, 2.24) is 9.80 Å². The lowest BCUT2D eigenvalue weighted by Gasteiger charge is -2.37. The van der Waals surface area contributed by atoms with Gasteiger partial charge in [0.25, 0.3) is 0 Å². The van der Waals surface area contributed by atoms with E-state index in [1.165, 1.54) is 6.92 Å². The van der Waals surface area contributed by atoms with E-state index in [0.717, 1.165) is 66.4 Å². The molecule has 0 aromatic heterocycles. The number of hydrogen-bond donors (Lipinski definition) is 0. The number of carbonyl (C=O) groups excluding carboxylic acids is 2. The van der Waals surface area contributed by atoms with E-state index in [1.54, 1.807) is 13.0 Å². The summed E-state index contributed by atoms with van der Waals surface area (Å²) in [6, 6.07) is 13.4. The second kappa shape index (κ2) is 11.2. The number of fused-ring (bicyclic) bond motifs is 1. The Morgan fingerprint density at radius 3 is 2.45 bits per heavy atom. The van der Waals surface area contributed by atoms with E-state index in [1.807, 2.05) is 41.3 Å². The van der Waals surface area contributed by atoms with E-state index in [2.05, 4.69) is 11.8 Å². The van der Waals surface area contributed by atoms with Gasteiger partial charge < -0.3 is 19.1 Å². The summed E-state index contributed by atoms with van der Waals surface area (Å²) < 4.78 is 30.5. The molecule has 2 fully saturated rings. The van der Waals surface area contributed by atoms with Gasteiger partial charge in [0.15, 0.2) is 0 Å². The van der Waals surface area contributed by atoms with Crippen molar-refractivity contribution in [2.75, 3.05) is 46.0 Å². The number of amides is 1. The number of hydrogen-bond acceptors (Lipinski definition) is 6. The minimum atomic E-state index is -0.370. The molecule has 8 heteroatoms. The number of nitrogens with zero attached hydrogens (tertiary/aromatic N) is 2. The molecular formula is C30H35FN2O5. The van der Waals surface area contributed by atoms with Crippen molar-refractivity contribution >= 4 is 17.4 Å². The van der Waals surface area contributed by atoms with Crippen LogP contribution in [0.15, 0.2) is 48.0 Å². The van der Waals surface area contributed by atoms with Crippen LogP contribution in [0.1, 0.15) is 44.4 Å². The van der Waals surface area contributed by atoms with Crippen molar-refractivity contribution in [3.05, 3.63) is 59.2 Å².